The van der Waals surface area contributed by atoms with Gasteiger partial charge in [0.25, 0.3) is 0 Å². The van der Waals surface area contributed by atoms with Gasteiger partial charge in [-0.05, 0) is 81.9 Å². The van der Waals surface area contributed by atoms with Crippen molar-refractivity contribution in [1.82, 2.24) is 10.2 Å². The number of thioether (sulfide) groups is 1. The molecule has 1 aromatic carbocycles. The average Bonchev–Trinajstić information content (AvgIpc) is 2.74. The van der Waals surface area contributed by atoms with E-state index in [0.717, 1.165) is 31.4 Å². The average molecular weight is 465 g/mol. The zero-order chi connectivity index (χ0) is 23.8. The minimum absolute atomic E-state index is 0.0454. The lowest BCUT2D eigenvalue weighted by molar-refractivity contribution is -0.143. The molecular weight excluding hydrogens is 424 g/mol. The predicted molar refractivity (Wildman–Crippen MR) is 131 cm³/mol. The maximum atomic E-state index is 12.6. The van der Waals surface area contributed by atoms with Crippen molar-refractivity contribution in [2.75, 3.05) is 38.8 Å². The summed E-state index contributed by atoms with van der Waals surface area (Å²) in [5.41, 5.74) is 2.04. The summed E-state index contributed by atoms with van der Waals surface area (Å²) in [7, 11) is 1.44. The lowest BCUT2D eigenvalue weighted by atomic mass is 9.73. The number of hydrogen-bond donors (Lipinski definition) is 1. The summed E-state index contributed by atoms with van der Waals surface area (Å²) in [4.78, 5) is 26.7. The number of benzene rings is 1. The molecule has 1 saturated heterocycles. The fourth-order valence-electron chi connectivity index (χ4n) is 4.14. The van der Waals surface area contributed by atoms with E-state index in [0.29, 0.717) is 19.6 Å². The van der Waals surface area contributed by atoms with E-state index in [1.807, 2.05) is 31.9 Å². The quantitative estimate of drug-likeness (QED) is 0.545. The fourth-order valence-corrected chi connectivity index (χ4v) is 4.61. The van der Waals surface area contributed by atoms with Gasteiger partial charge in [-0.25, -0.2) is 4.79 Å². The zero-order valence-electron chi connectivity index (χ0n) is 20.5. The third kappa shape index (κ3) is 8.00. The largest absolute Gasteiger partial charge is 0.468 e. The van der Waals surface area contributed by atoms with Crippen LogP contribution in [0.2, 0.25) is 0 Å². The maximum absolute atomic E-state index is 12.6. The molecule has 1 aliphatic heterocycles. The van der Waals surface area contributed by atoms with Crippen LogP contribution in [-0.4, -0.2) is 67.4 Å². The van der Waals surface area contributed by atoms with Gasteiger partial charge in [-0.3, -0.25) is 4.79 Å². The molecule has 1 aliphatic rings. The Kier molecular flexibility index (Phi) is 9.89. The first-order chi connectivity index (χ1) is 15.1. The second-order valence-electron chi connectivity index (χ2n) is 9.81. The number of aryl methyl sites for hydroxylation is 1. The van der Waals surface area contributed by atoms with E-state index >= 15 is 0 Å². The third-order valence-electron chi connectivity index (χ3n) is 6.12. The molecule has 0 unspecified atom stereocenters. The Bertz CT molecular complexity index is 755. The van der Waals surface area contributed by atoms with Crippen molar-refractivity contribution in [3.63, 3.8) is 0 Å². The van der Waals surface area contributed by atoms with Crippen molar-refractivity contribution in [2.45, 2.75) is 65.0 Å². The van der Waals surface area contributed by atoms with Crippen LogP contribution in [0.15, 0.2) is 24.3 Å². The molecule has 1 N–H and O–H groups in total. The third-order valence-corrected chi connectivity index (χ3v) is 6.77. The molecule has 0 spiro atoms. The highest BCUT2D eigenvalue weighted by molar-refractivity contribution is 7.98. The number of nitrogens with zero attached hydrogens (tertiary/aromatic N) is 1. The molecule has 1 fully saturated rings. The number of esters is 1. The number of hydrogen-bond acceptors (Lipinski definition) is 6. The lowest BCUT2D eigenvalue weighted by Gasteiger charge is -2.43. The molecule has 32 heavy (non-hydrogen) atoms. The molecule has 6 nitrogen and oxygen atoms in total. The van der Waals surface area contributed by atoms with Crippen molar-refractivity contribution in [3.05, 3.63) is 35.4 Å². The molecule has 180 valence electrons. The summed E-state index contributed by atoms with van der Waals surface area (Å²) in [6.45, 7) is 9.82. The molecule has 1 aromatic rings. The summed E-state index contributed by atoms with van der Waals surface area (Å²) in [5, 5.41) is 3.52. The predicted octanol–water partition coefficient (Wildman–Crippen LogP) is 4.44. The van der Waals surface area contributed by atoms with Crippen molar-refractivity contribution >= 4 is 23.8 Å². The van der Waals surface area contributed by atoms with Gasteiger partial charge in [-0.1, -0.05) is 24.3 Å². The first-order valence-electron chi connectivity index (χ1n) is 11.4. The SMILES string of the molecule is COC(=O)[C@H](CCSC)NCC1(Cc2ccccc2C)CCN(C(=O)OC(C)(C)C)CC1. The summed E-state index contributed by atoms with van der Waals surface area (Å²) in [6.07, 6.45) is 5.14. The zero-order valence-corrected chi connectivity index (χ0v) is 21.3. The van der Waals surface area contributed by atoms with Crippen LogP contribution in [0.5, 0.6) is 0 Å². The fraction of sp³-hybridized carbons (Fsp3) is 0.680. The highest BCUT2D eigenvalue weighted by atomic mass is 32.2. The van der Waals surface area contributed by atoms with Crippen LogP contribution in [0.4, 0.5) is 4.79 Å². The van der Waals surface area contributed by atoms with Crippen LogP contribution in [-0.2, 0) is 20.7 Å². The van der Waals surface area contributed by atoms with Gasteiger partial charge < -0.3 is 19.7 Å². The Morgan fingerprint density at radius 1 is 1.22 bits per heavy atom. The highest BCUT2D eigenvalue weighted by Crippen LogP contribution is 2.36. The highest BCUT2D eigenvalue weighted by Gasteiger charge is 2.38. The molecule has 1 atom stereocenters. The normalized spacial score (nSPS) is 17.0. The van der Waals surface area contributed by atoms with Crippen molar-refractivity contribution < 1.29 is 19.1 Å². The number of methoxy groups -OCH3 is 1. The van der Waals surface area contributed by atoms with Crippen LogP contribution >= 0.6 is 11.8 Å². The van der Waals surface area contributed by atoms with Crippen molar-refractivity contribution in [3.8, 4) is 0 Å². The van der Waals surface area contributed by atoms with E-state index in [4.69, 9.17) is 9.47 Å². The molecule has 0 aliphatic carbocycles. The Morgan fingerprint density at radius 3 is 2.44 bits per heavy atom. The summed E-state index contributed by atoms with van der Waals surface area (Å²) < 4.78 is 10.6. The van der Waals surface area contributed by atoms with Gasteiger partial charge in [-0.2, -0.15) is 11.8 Å². The molecule has 1 amide bonds. The Labute approximate surface area is 197 Å². The van der Waals surface area contributed by atoms with Gasteiger partial charge in [0.05, 0.1) is 7.11 Å². The lowest BCUT2D eigenvalue weighted by Crippen LogP contribution is -2.51. The van der Waals surface area contributed by atoms with E-state index in [-0.39, 0.29) is 23.5 Å². The molecule has 2 rings (SSSR count). The van der Waals surface area contributed by atoms with E-state index in [1.165, 1.54) is 18.2 Å². The summed E-state index contributed by atoms with van der Waals surface area (Å²) in [6, 6.07) is 8.15. The van der Waals surface area contributed by atoms with E-state index in [1.54, 1.807) is 11.8 Å². The topological polar surface area (TPSA) is 67.9 Å². The van der Waals surface area contributed by atoms with Gasteiger partial charge in [-0.15, -0.1) is 0 Å². The minimum Gasteiger partial charge on any atom is -0.468 e. The number of piperidine rings is 1. The van der Waals surface area contributed by atoms with Gasteiger partial charge in [0, 0.05) is 19.6 Å². The molecule has 7 heteroatoms. The van der Waals surface area contributed by atoms with Crippen LogP contribution in [0, 0.1) is 12.3 Å². The second kappa shape index (κ2) is 11.9. The molecule has 1 heterocycles. The van der Waals surface area contributed by atoms with Crippen LogP contribution in [0.3, 0.4) is 0 Å². The first kappa shape index (κ1) is 26.5. The van der Waals surface area contributed by atoms with Crippen molar-refractivity contribution in [2.24, 2.45) is 5.41 Å². The second-order valence-corrected chi connectivity index (χ2v) is 10.8. The maximum Gasteiger partial charge on any atom is 0.410 e. The molecular formula is C25H40N2O4S. The molecule has 0 bridgehead atoms. The summed E-state index contributed by atoms with van der Waals surface area (Å²) in [5.74, 6) is 0.681. The van der Waals surface area contributed by atoms with Crippen molar-refractivity contribution in [1.29, 1.82) is 0 Å². The van der Waals surface area contributed by atoms with E-state index < -0.39 is 5.60 Å². The van der Waals surface area contributed by atoms with Crippen LogP contribution < -0.4 is 5.32 Å². The van der Waals surface area contributed by atoms with Crippen LogP contribution in [0.25, 0.3) is 0 Å². The number of amides is 1. The standard InChI is InChI=1S/C25H40N2O4S/c1-19-9-7-8-10-20(19)17-25(18-26-21(11-16-32-6)22(28)30-5)12-14-27(15-13-25)23(29)31-24(2,3)4/h7-10,21,26H,11-18H2,1-6H3/t21-/m0/s1. The monoisotopic (exact) mass is 464 g/mol. The number of carbonyl (C=O) groups excluding carboxylic acids is 2. The number of rotatable bonds is 9. The van der Waals surface area contributed by atoms with Gasteiger partial charge in [0.2, 0.25) is 0 Å². The number of ether oxygens (including phenoxy) is 2. The van der Waals surface area contributed by atoms with E-state index in [9.17, 15) is 9.59 Å². The number of nitrogens with one attached hydrogen (secondary N) is 1. The Hall–Kier alpha value is -1.73. The van der Waals surface area contributed by atoms with Gasteiger partial charge in [0.1, 0.15) is 11.6 Å². The van der Waals surface area contributed by atoms with Gasteiger partial charge >= 0.3 is 12.1 Å². The van der Waals surface area contributed by atoms with Crippen LogP contribution in [0.1, 0.15) is 51.2 Å². The molecule has 0 saturated carbocycles. The van der Waals surface area contributed by atoms with E-state index in [2.05, 4.69) is 36.5 Å². The number of carbonyl (C=O) groups is 2. The summed E-state index contributed by atoms with van der Waals surface area (Å²) >= 11 is 1.73. The Balaban J connectivity index is 2.15. The smallest absolute Gasteiger partial charge is 0.410 e. The minimum atomic E-state index is -0.501. The Morgan fingerprint density at radius 2 is 1.88 bits per heavy atom. The molecule has 0 aromatic heterocycles. The number of likely N-dealkylation sites (tertiary alicyclic amines) is 1. The first-order valence-corrected chi connectivity index (χ1v) is 12.8. The molecule has 0 radical (unpaired) electrons. The van der Waals surface area contributed by atoms with Gasteiger partial charge in [0.15, 0.2) is 0 Å².